The van der Waals surface area contributed by atoms with E-state index in [1.165, 1.54) is 18.2 Å². The minimum Gasteiger partial charge on any atom is -0.397 e. The molecule has 0 atom stereocenters. The van der Waals surface area contributed by atoms with E-state index >= 15 is 0 Å². The molecule has 0 aliphatic heterocycles. The summed E-state index contributed by atoms with van der Waals surface area (Å²) < 4.78 is 26.2. The SMILES string of the molecule is NC(=O)CCCCNS(=O)(=O)c1ccc(Cl)c(N)c1. The van der Waals surface area contributed by atoms with Crippen LogP contribution in [-0.2, 0) is 14.8 Å². The minimum absolute atomic E-state index is 0.0595. The number of benzene rings is 1. The monoisotopic (exact) mass is 305 g/mol. The highest BCUT2D eigenvalue weighted by Crippen LogP contribution is 2.21. The lowest BCUT2D eigenvalue weighted by atomic mass is 10.2. The van der Waals surface area contributed by atoms with Crippen molar-refractivity contribution in [3.8, 4) is 0 Å². The van der Waals surface area contributed by atoms with Crippen LogP contribution in [0.3, 0.4) is 0 Å². The van der Waals surface area contributed by atoms with Gasteiger partial charge in [0.25, 0.3) is 0 Å². The van der Waals surface area contributed by atoms with Crippen LogP contribution in [0.4, 0.5) is 5.69 Å². The molecular weight excluding hydrogens is 290 g/mol. The lowest BCUT2D eigenvalue weighted by molar-refractivity contribution is -0.118. The standard InChI is InChI=1S/C11H16ClN3O3S/c12-9-5-4-8(7-10(9)13)19(17,18)15-6-2-1-3-11(14)16/h4-5,7,15H,1-3,6,13H2,(H2,14,16). The Morgan fingerprint density at radius 2 is 2.00 bits per heavy atom. The maximum Gasteiger partial charge on any atom is 0.240 e. The van der Waals surface area contributed by atoms with Crippen molar-refractivity contribution in [3.05, 3.63) is 23.2 Å². The molecule has 0 heterocycles. The minimum atomic E-state index is -3.61. The molecule has 0 bridgehead atoms. The molecule has 0 aromatic heterocycles. The molecule has 0 radical (unpaired) electrons. The number of unbranched alkanes of at least 4 members (excludes halogenated alkanes) is 1. The zero-order chi connectivity index (χ0) is 14.5. The van der Waals surface area contributed by atoms with Crippen molar-refractivity contribution in [3.63, 3.8) is 0 Å². The lowest BCUT2D eigenvalue weighted by Crippen LogP contribution is -2.25. The first-order valence-electron chi connectivity index (χ1n) is 5.66. The van der Waals surface area contributed by atoms with Crippen LogP contribution in [0, 0.1) is 0 Å². The topological polar surface area (TPSA) is 115 Å². The van der Waals surface area contributed by atoms with Gasteiger partial charge < -0.3 is 11.5 Å². The molecule has 5 N–H and O–H groups in total. The average molecular weight is 306 g/mol. The van der Waals surface area contributed by atoms with E-state index in [1.807, 2.05) is 0 Å². The lowest BCUT2D eigenvalue weighted by Gasteiger charge is -2.07. The van der Waals surface area contributed by atoms with Crippen LogP contribution in [0.5, 0.6) is 0 Å². The Kier molecular flexibility index (Phi) is 5.59. The predicted molar refractivity (Wildman–Crippen MR) is 74.1 cm³/mol. The Morgan fingerprint density at radius 1 is 1.32 bits per heavy atom. The molecule has 6 nitrogen and oxygen atoms in total. The summed E-state index contributed by atoms with van der Waals surface area (Å²) in [5, 5.41) is 0.306. The molecular formula is C11H16ClN3O3S. The van der Waals surface area contributed by atoms with E-state index in [-0.39, 0.29) is 23.5 Å². The number of anilines is 1. The number of nitrogen functional groups attached to an aromatic ring is 1. The van der Waals surface area contributed by atoms with Crippen molar-refractivity contribution in [2.45, 2.75) is 24.2 Å². The van der Waals surface area contributed by atoms with E-state index in [2.05, 4.69) is 4.72 Å². The number of hydrogen-bond acceptors (Lipinski definition) is 4. The average Bonchev–Trinajstić information content (AvgIpc) is 2.31. The van der Waals surface area contributed by atoms with Gasteiger partial charge in [-0.15, -0.1) is 0 Å². The molecule has 1 aromatic rings. The smallest absolute Gasteiger partial charge is 0.240 e. The quantitative estimate of drug-likeness (QED) is 0.511. The summed E-state index contributed by atoms with van der Waals surface area (Å²) in [5.74, 6) is -0.395. The Balaban J connectivity index is 2.56. The first-order valence-corrected chi connectivity index (χ1v) is 7.52. The molecule has 0 fully saturated rings. The summed E-state index contributed by atoms with van der Waals surface area (Å²) in [6, 6.07) is 4.11. The Bertz CT molecular complexity index is 560. The second-order valence-electron chi connectivity index (χ2n) is 4.00. The number of halogens is 1. The number of amides is 1. The van der Waals surface area contributed by atoms with E-state index in [0.717, 1.165) is 0 Å². The molecule has 0 saturated heterocycles. The third-order valence-electron chi connectivity index (χ3n) is 2.42. The second-order valence-corrected chi connectivity index (χ2v) is 6.18. The zero-order valence-corrected chi connectivity index (χ0v) is 11.8. The fourth-order valence-corrected chi connectivity index (χ4v) is 2.63. The molecule has 1 aromatic carbocycles. The van der Waals surface area contributed by atoms with Crippen molar-refractivity contribution < 1.29 is 13.2 Å². The van der Waals surface area contributed by atoms with Gasteiger partial charge in [0.15, 0.2) is 0 Å². The Labute approximate surface area is 117 Å². The van der Waals surface area contributed by atoms with Gasteiger partial charge in [-0.1, -0.05) is 11.6 Å². The van der Waals surface area contributed by atoms with Crippen molar-refractivity contribution in [1.82, 2.24) is 4.72 Å². The van der Waals surface area contributed by atoms with Crippen molar-refractivity contribution in [1.29, 1.82) is 0 Å². The molecule has 19 heavy (non-hydrogen) atoms. The molecule has 1 rings (SSSR count). The summed E-state index contributed by atoms with van der Waals surface area (Å²) in [6.45, 7) is 0.234. The van der Waals surface area contributed by atoms with Crippen LogP contribution >= 0.6 is 11.6 Å². The van der Waals surface area contributed by atoms with Gasteiger partial charge in [0.1, 0.15) is 0 Å². The molecule has 0 unspecified atom stereocenters. The maximum absolute atomic E-state index is 11.9. The van der Waals surface area contributed by atoms with Crippen LogP contribution in [0.25, 0.3) is 0 Å². The normalized spacial score (nSPS) is 11.4. The van der Waals surface area contributed by atoms with Gasteiger partial charge >= 0.3 is 0 Å². The van der Waals surface area contributed by atoms with Crippen LogP contribution in [0.1, 0.15) is 19.3 Å². The number of carbonyl (C=O) groups excluding carboxylic acids is 1. The molecule has 106 valence electrons. The largest absolute Gasteiger partial charge is 0.397 e. The van der Waals surface area contributed by atoms with Crippen molar-refractivity contribution >= 4 is 33.2 Å². The van der Waals surface area contributed by atoms with E-state index in [0.29, 0.717) is 17.9 Å². The molecule has 8 heteroatoms. The summed E-state index contributed by atoms with van der Waals surface area (Å²) >= 11 is 5.72. The Morgan fingerprint density at radius 3 is 2.58 bits per heavy atom. The van der Waals surface area contributed by atoms with Gasteiger partial charge in [0.05, 0.1) is 15.6 Å². The number of hydrogen-bond donors (Lipinski definition) is 3. The number of carbonyl (C=O) groups is 1. The van der Waals surface area contributed by atoms with Gasteiger partial charge in [0.2, 0.25) is 15.9 Å². The van der Waals surface area contributed by atoms with Gasteiger partial charge in [-0.05, 0) is 31.0 Å². The molecule has 1 amide bonds. The van der Waals surface area contributed by atoms with Crippen LogP contribution in [-0.4, -0.2) is 20.9 Å². The molecule has 0 spiro atoms. The van der Waals surface area contributed by atoms with Gasteiger partial charge in [-0.2, -0.15) is 0 Å². The third kappa shape index (κ3) is 5.06. The highest BCUT2D eigenvalue weighted by molar-refractivity contribution is 7.89. The van der Waals surface area contributed by atoms with Gasteiger partial charge in [-0.25, -0.2) is 13.1 Å². The first kappa shape index (κ1) is 15.7. The van der Waals surface area contributed by atoms with Crippen molar-refractivity contribution in [2.24, 2.45) is 5.73 Å². The van der Waals surface area contributed by atoms with Crippen LogP contribution < -0.4 is 16.2 Å². The predicted octanol–water partition coefficient (Wildman–Crippen LogP) is 0.856. The van der Waals surface area contributed by atoms with Gasteiger partial charge in [-0.3, -0.25) is 4.79 Å². The number of nitrogens with one attached hydrogen (secondary N) is 1. The number of rotatable bonds is 7. The third-order valence-corrected chi connectivity index (χ3v) is 4.22. The second kappa shape index (κ2) is 6.74. The zero-order valence-electron chi connectivity index (χ0n) is 10.2. The highest BCUT2D eigenvalue weighted by Gasteiger charge is 2.14. The molecule has 0 aliphatic carbocycles. The summed E-state index contributed by atoms with van der Waals surface area (Å²) in [5.41, 5.74) is 10.7. The fourth-order valence-electron chi connectivity index (χ4n) is 1.40. The summed E-state index contributed by atoms with van der Waals surface area (Å²) in [4.78, 5) is 10.6. The van der Waals surface area contributed by atoms with Crippen LogP contribution in [0.2, 0.25) is 5.02 Å². The molecule has 0 saturated carbocycles. The fraction of sp³-hybridized carbons (Fsp3) is 0.364. The number of primary amides is 1. The summed E-state index contributed by atoms with van der Waals surface area (Å²) in [6.07, 6.45) is 1.32. The maximum atomic E-state index is 11.9. The van der Waals surface area contributed by atoms with E-state index in [9.17, 15) is 13.2 Å². The van der Waals surface area contributed by atoms with E-state index in [4.69, 9.17) is 23.1 Å². The van der Waals surface area contributed by atoms with Crippen LogP contribution in [0.15, 0.2) is 23.1 Å². The number of nitrogens with two attached hydrogens (primary N) is 2. The summed E-state index contributed by atoms with van der Waals surface area (Å²) in [7, 11) is -3.61. The number of sulfonamides is 1. The highest BCUT2D eigenvalue weighted by atomic mass is 35.5. The van der Waals surface area contributed by atoms with Gasteiger partial charge in [0, 0.05) is 13.0 Å². The van der Waals surface area contributed by atoms with Crippen molar-refractivity contribution in [2.75, 3.05) is 12.3 Å². The first-order chi connectivity index (χ1) is 8.83. The van der Waals surface area contributed by atoms with E-state index < -0.39 is 15.9 Å². The Hall–Kier alpha value is -1.31. The van der Waals surface area contributed by atoms with E-state index in [1.54, 1.807) is 0 Å². The molecule has 0 aliphatic rings.